The number of anilines is 2. The molecule has 3 nitrogen and oxygen atoms in total. The van der Waals surface area contributed by atoms with E-state index in [2.05, 4.69) is 24.3 Å². The Balaban J connectivity index is 0.000000401. The third-order valence-corrected chi connectivity index (χ3v) is 4.82. The van der Waals surface area contributed by atoms with Gasteiger partial charge in [0.25, 0.3) is 0 Å². The van der Waals surface area contributed by atoms with E-state index < -0.39 is 0 Å². The number of aromatic nitrogens is 1. The van der Waals surface area contributed by atoms with Crippen molar-refractivity contribution in [1.29, 1.82) is 0 Å². The largest absolute Gasteiger partial charge is 0.748 e. The fourth-order valence-electron chi connectivity index (χ4n) is 3.24. The van der Waals surface area contributed by atoms with Crippen LogP contribution < -0.4 is 11.5 Å². The van der Waals surface area contributed by atoms with Crippen LogP contribution in [0.2, 0.25) is 0 Å². The summed E-state index contributed by atoms with van der Waals surface area (Å²) in [5.74, 6) is 0. The molecule has 0 aliphatic carbocycles. The van der Waals surface area contributed by atoms with Crippen LogP contribution in [0.5, 0.6) is 0 Å². The summed E-state index contributed by atoms with van der Waals surface area (Å²) in [7, 11) is 0. The van der Waals surface area contributed by atoms with Crippen LogP contribution >= 0.6 is 0 Å². The van der Waals surface area contributed by atoms with Crippen molar-refractivity contribution in [3.8, 4) is 33.6 Å². The van der Waals surface area contributed by atoms with E-state index in [1.807, 2.05) is 91.0 Å². The van der Waals surface area contributed by atoms with Gasteiger partial charge in [-0.05, 0) is 35.4 Å². The summed E-state index contributed by atoms with van der Waals surface area (Å²) in [6, 6.07) is 38.0. The van der Waals surface area contributed by atoms with Gasteiger partial charge >= 0.3 is 0 Å². The maximum absolute atomic E-state index is 5.84. The summed E-state index contributed by atoms with van der Waals surface area (Å²) in [6.45, 7) is 0. The minimum absolute atomic E-state index is 0. The second-order valence-corrected chi connectivity index (χ2v) is 6.97. The van der Waals surface area contributed by atoms with E-state index in [0.29, 0.717) is 0 Å². The maximum atomic E-state index is 5.84. The van der Waals surface area contributed by atoms with Gasteiger partial charge in [-0.15, -0.1) is 18.2 Å². The van der Waals surface area contributed by atoms with Crippen LogP contribution in [-0.4, -0.2) is 4.98 Å². The number of pyridine rings is 1. The van der Waals surface area contributed by atoms with Gasteiger partial charge in [0.05, 0.1) is 5.69 Å². The van der Waals surface area contributed by atoms with Crippen LogP contribution in [0.1, 0.15) is 0 Å². The van der Waals surface area contributed by atoms with Crippen LogP contribution in [0.4, 0.5) is 11.4 Å². The van der Waals surface area contributed by atoms with Crippen LogP contribution in [0.25, 0.3) is 33.6 Å². The molecule has 5 rings (SSSR count). The molecule has 0 bridgehead atoms. The van der Waals surface area contributed by atoms with Gasteiger partial charge in [-0.25, -0.2) is 0 Å². The fraction of sp³-hybridized carbons (Fsp3) is 0. The van der Waals surface area contributed by atoms with Crippen molar-refractivity contribution in [2.45, 2.75) is 0 Å². The van der Waals surface area contributed by atoms with Crippen molar-refractivity contribution in [2.75, 3.05) is 11.5 Å². The number of benzene rings is 2. The van der Waals surface area contributed by atoms with Gasteiger partial charge in [-0.1, -0.05) is 41.5 Å². The summed E-state index contributed by atoms with van der Waals surface area (Å²) < 4.78 is 0. The number of nitrogens with two attached hydrogens (primary N) is 2. The molecule has 160 valence electrons. The third kappa shape index (κ3) is 5.52. The number of hydrogen-bond donors (Lipinski definition) is 2. The first-order valence-corrected chi connectivity index (χ1v) is 9.82. The minimum Gasteiger partial charge on any atom is -0.748 e. The number of nitrogens with zero attached hydrogens (tertiary/aromatic N) is 1. The molecule has 4 aromatic carbocycles. The maximum Gasteiger partial charge on any atom is 0.0544 e. The third-order valence-electron chi connectivity index (χ3n) is 4.82. The van der Waals surface area contributed by atoms with Crippen LogP contribution in [0.3, 0.4) is 0 Å². The molecule has 0 saturated carbocycles. The zero-order valence-corrected chi connectivity index (χ0v) is 18.0. The molecule has 31 heavy (non-hydrogen) atoms. The standard InChI is InChI=1S/C22H18N3.C5H5.Fe/c23-18-9-5-16(6-10-18)21-14-13-20(15-3-1-2-4-15)22(25-21)17-7-11-19(24)12-8-17;1-2-4-5-3-1;/h1-14H,23-24H2;1-5H;/q-1;-5;. The quantitative estimate of drug-likeness (QED) is 0.193. The van der Waals surface area contributed by atoms with E-state index in [9.17, 15) is 0 Å². The van der Waals surface area contributed by atoms with Crippen molar-refractivity contribution in [2.24, 2.45) is 0 Å². The van der Waals surface area contributed by atoms with Crippen molar-refractivity contribution >= 4 is 11.4 Å². The summed E-state index contributed by atoms with van der Waals surface area (Å²) in [5.41, 5.74) is 19.3. The zero-order chi connectivity index (χ0) is 20.8. The summed E-state index contributed by atoms with van der Waals surface area (Å²) in [5, 5.41) is 0. The molecule has 0 unspecified atom stereocenters. The molecule has 0 aliphatic rings. The normalized spacial score (nSPS) is 9.94. The average Bonchev–Trinajstić information content (AvgIpc) is 3.51. The molecule has 1 heterocycles. The monoisotopic (exact) mass is 445 g/mol. The predicted molar refractivity (Wildman–Crippen MR) is 127 cm³/mol. The first-order chi connectivity index (χ1) is 14.7. The van der Waals surface area contributed by atoms with Crippen molar-refractivity contribution in [3.05, 3.63) is 115 Å². The molecule has 0 saturated heterocycles. The summed E-state index contributed by atoms with van der Waals surface area (Å²) >= 11 is 0. The Morgan fingerprint density at radius 1 is 0.613 bits per heavy atom. The Kier molecular flexibility index (Phi) is 7.45. The Morgan fingerprint density at radius 2 is 1.10 bits per heavy atom. The van der Waals surface area contributed by atoms with E-state index in [0.717, 1.165) is 45.0 Å². The number of hydrogen-bond acceptors (Lipinski definition) is 3. The number of rotatable bonds is 3. The van der Waals surface area contributed by atoms with Gasteiger partial charge in [0, 0.05) is 34.1 Å². The molecule has 1 aromatic heterocycles. The molecule has 0 atom stereocenters. The minimum atomic E-state index is 0. The van der Waals surface area contributed by atoms with E-state index in [1.165, 1.54) is 0 Å². The molecule has 0 radical (unpaired) electrons. The Hall–Kier alpha value is -3.59. The topological polar surface area (TPSA) is 64.9 Å². The van der Waals surface area contributed by atoms with Gasteiger partial charge in [0.15, 0.2) is 0 Å². The van der Waals surface area contributed by atoms with Crippen molar-refractivity contribution in [3.63, 3.8) is 0 Å². The molecule has 0 spiro atoms. The molecule has 0 aliphatic heterocycles. The second-order valence-electron chi connectivity index (χ2n) is 6.97. The van der Waals surface area contributed by atoms with Crippen molar-refractivity contribution in [1.82, 2.24) is 4.98 Å². The summed E-state index contributed by atoms with van der Waals surface area (Å²) in [6.07, 6.45) is 0. The first kappa shape index (κ1) is 22.1. The van der Waals surface area contributed by atoms with E-state index >= 15 is 0 Å². The van der Waals surface area contributed by atoms with Crippen LogP contribution in [0.15, 0.2) is 115 Å². The molecule has 5 aromatic rings. The fourth-order valence-corrected chi connectivity index (χ4v) is 3.24. The van der Waals surface area contributed by atoms with Gasteiger partial charge < -0.3 is 41.8 Å². The molecule has 4 heteroatoms. The molecule has 0 amide bonds. The van der Waals surface area contributed by atoms with Crippen LogP contribution in [-0.2, 0) is 17.1 Å². The van der Waals surface area contributed by atoms with Gasteiger partial charge in [0.2, 0.25) is 0 Å². The van der Waals surface area contributed by atoms with E-state index in [1.54, 1.807) is 0 Å². The van der Waals surface area contributed by atoms with Crippen LogP contribution in [0, 0.1) is 0 Å². The first-order valence-electron chi connectivity index (χ1n) is 9.82. The van der Waals surface area contributed by atoms with Gasteiger partial charge in [-0.3, -0.25) is 4.98 Å². The Labute approximate surface area is 193 Å². The van der Waals surface area contributed by atoms with Gasteiger partial charge in [-0.2, -0.15) is 12.1 Å². The second kappa shape index (κ2) is 10.4. The zero-order valence-electron chi connectivity index (χ0n) is 16.9. The van der Waals surface area contributed by atoms with E-state index in [4.69, 9.17) is 16.5 Å². The van der Waals surface area contributed by atoms with E-state index in [-0.39, 0.29) is 17.1 Å². The van der Waals surface area contributed by atoms with Gasteiger partial charge in [0.1, 0.15) is 0 Å². The molecule has 4 N–H and O–H groups in total. The molecular weight excluding hydrogens is 422 g/mol. The molecular formula is C27H23FeN3-6. The Morgan fingerprint density at radius 3 is 1.61 bits per heavy atom. The Bertz CT molecular complexity index is 1160. The SMILES string of the molecule is Nc1ccc(-c2ccc(-[c-]3cccc3)c(-c3ccc(N)cc3)n2)cc1.[Fe].[cH-]1[cH-][cH-][cH-][cH-]1. The molecule has 0 fully saturated rings. The number of nitrogen functional groups attached to an aromatic ring is 2. The van der Waals surface area contributed by atoms with Crippen molar-refractivity contribution < 1.29 is 17.1 Å². The predicted octanol–water partition coefficient (Wildman–Crippen LogP) is 6.37. The average molecular weight is 445 g/mol. The smallest absolute Gasteiger partial charge is 0.0544 e. The summed E-state index contributed by atoms with van der Waals surface area (Å²) in [4.78, 5) is 4.95.